The molecule has 0 saturated carbocycles. The fourth-order valence-electron chi connectivity index (χ4n) is 3.27. The molecule has 2 rings (SSSR count). The molecule has 6 heteroatoms. The van der Waals surface area contributed by atoms with Crippen LogP contribution in [0.4, 0.5) is 5.69 Å². The molecule has 1 heterocycles. The van der Waals surface area contributed by atoms with Crippen LogP contribution in [0.3, 0.4) is 0 Å². The molecule has 1 saturated heterocycles. The normalized spacial score (nSPS) is 20.1. The van der Waals surface area contributed by atoms with Crippen LogP contribution in [0.15, 0.2) is 24.3 Å². The van der Waals surface area contributed by atoms with E-state index in [-0.39, 0.29) is 5.69 Å². The first-order valence-corrected chi connectivity index (χ1v) is 8.40. The standard InChI is InChI=1S/C17H27N3O3/c1-3-18(4-2)11-14-8-9-19(12-14)13-17(21)15-6-5-7-16(10-15)20(22)23/h5-7,10,14,17,21H,3-4,8-9,11-13H2,1-2H3. The van der Waals surface area contributed by atoms with Gasteiger partial charge in [-0.15, -0.1) is 0 Å². The fourth-order valence-corrected chi connectivity index (χ4v) is 3.27. The van der Waals surface area contributed by atoms with Crippen LogP contribution in [0, 0.1) is 16.0 Å². The second-order valence-electron chi connectivity index (χ2n) is 6.27. The monoisotopic (exact) mass is 321 g/mol. The highest BCUT2D eigenvalue weighted by molar-refractivity contribution is 5.35. The predicted octanol–water partition coefficient (Wildman–Crippen LogP) is 2.29. The summed E-state index contributed by atoms with van der Waals surface area (Å²) >= 11 is 0. The molecule has 128 valence electrons. The Morgan fingerprint density at radius 2 is 2.17 bits per heavy atom. The number of nitrogens with zero attached hydrogens (tertiary/aromatic N) is 3. The Morgan fingerprint density at radius 1 is 1.43 bits per heavy atom. The smallest absolute Gasteiger partial charge is 0.269 e. The number of aliphatic hydroxyl groups excluding tert-OH is 1. The molecule has 1 aromatic carbocycles. The zero-order valence-electron chi connectivity index (χ0n) is 14.0. The highest BCUT2D eigenvalue weighted by Gasteiger charge is 2.26. The van der Waals surface area contributed by atoms with E-state index in [1.165, 1.54) is 12.1 Å². The number of likely N-dealkylation sites (tertiary alicyclic amines) is 1. The molecule has 2 atom stereocenters. The zero-order valence-corrected chi connectivity index (χ0v) is 14.0. The van der Waals surface area contributed by atoms with Crippen molar-refractivity contribution < 1.29 is 10.0 Å². The lowest BCUT2D eigenvalue weighted by Crippen LogP contribution is -2.32. The van der Waals surface area contributed by atoms with Crippen molar-refractivity contribution >= 4 is 5.69 Å². The van der Waals surface area contributed by atoms with Crippen LogP contribution in [0.25, 0.3) is 0 Å². The Bertz CT molecular complexity index is 520. The molecule has 1 aliphatic heterocycles. The molecular formula is C17H27N3O3. The zero-order chi connectivity index (χ0) is 16.8. The van der Waals surface area contributed by atoms with Crippen molar-refractivity contribution in [2.24, 2.45) is 5.92 Å². The lowest BCUT2D eigenvalue weighted by atomic mass is 10.1. The summed E-state index contributed by atoms with van der Waals surface area (Å²) in [6.07, 6.45) is 0.472. The molecule has 0 aliphatic carbocycles. The van der Waals surface area contributed by atoms with Gasteiger partial charge in [0.1, 0.15) is 0 Å². The highest BCUT2D eigenvalue weighted by atomic mass is 16.6. The third-order valence-corrected chi connectivity index (χ3v) is 4.68. The minimum Gasteiger partial charge on any atom is -0.387 e. The Balaban J connectivity index is 1.88. The van der Waals surface area contributed by atoms with Crippen LogP contribution in [0.2, 0.25) is 0 Å². The van der Waals surface area contributed by atoms with Gasteiger partial charge in [-0.3, -0.25) is 10.1 Å². The number of nitro groups is 1. The van der Waals surface area contributed by atoms with Crippen molar-refractivity contribution in [3.05, 3.63) is 39.9 Å². The number of non-ortho nitro benzene ring substituents is 1. The molecule has 1 aliphatic rings. The van der Waals surface area contributed by atoms with Crippen molar-refractivity contribution in [2.75, 3.05) is 39.3 Å². The minimum atomic E-state index is -0.679. The Morgan fingerprint density at radius 3 is 2.83 bits per heavy atom. The highest BCUT2D eigenvalue weighted by Crippen LogP contribution is 2.23. The summed E-state index contributed by atoms with van der Waals surface area (Å²) in [4.78, 5) is 15.1. The fraction of sp³-hybridized carbons (Fsp3) is 0.647. The molecule has 1 N–H and O–H groups in total. The van der Waals surface area contributed by atoms with Crippen LogP contribution in [-0.2, 0) is 0 Å². The third kappa shape index (κ3) is 4.99. The van der Waals surface area contributed by atoms with Gasteiger partial charge in [-0.2, -0.15) is 0 Å². The van der Waals surface area contributed by atoms with Gasteiger partial charge in [-0.05, 0) is 37.5 Å². The van der Waals surface area contributed by atoms with Crippen LogP contribution in [0.5, 0.6) is 0 Å². The molecule has 6 nitrogen and oxygen atoms in total. The Labute approximate surface area is 137 Å². The van der Waals surface area contributed by atoms with Gasteiger partial charge in [-0.1, -0.05) is 26.0 Å². The lowest BCUT2D eigenvalue weighted by Gasteiger charge is -2.23. The second-order valence-corrected chi connectivity index (χ2v) is 6.27. The van der Waals surface area contributed by atoms with E-state index < -0.39 is 11.0 Å². The quantitative estimate of drug-likeness (QED) is 0.587. The summed E-state index contributed by atoms with van der Waals surface area (Å²) in [6, 6.07) is 6.30. The predicted molar refractivity (Wildman–Crippen MR) is 90.4 cm³/mol. The summed E-state index contributed by atoms with van der Waals surface area (Å²) in [6.45, 7) is 10.1. The van der Waals surface area contributed by atoms with E-state index in [0.717, 1.165) is 39.1 Å². The second kappa shape index (κ2) is 8.38. The summed E-state index contributed by atoms with van der Waals surface area (Å²) in [7, 11) is 0. The molecular weight excluding hydrogens is 294 g/mol. The first-order chi connectivity index (χ1) is 11.0. The van der Waals surface area contributed by atoms with Gasteiger partial charge in [0.15, 0.2) is 0 Å². The van der Waals surface area contributed by atoms with Gasteiger partial charge < -0.3 is 14.9 Å². The van der Waals surface area contributed by atoms with Gasteiger partial charge in [0.2, 0.25) is 0 Å². The van der Waals surface area contributed by atoms with Crippen LogP contribution < -0.4 is 0 Å². The van der Waals surface area contributed by atoms with Crippen LogP contribution >= 0.6 is 0 Å². The number of aliphatic hydroxyl groups is 1. The molecule has 23 heavy (non-hydrogen) atoms. The van der Waals surface area contributed by atoms with Gasteiger partial charge in [-0.25, -0.2) is 0 Å². The first-order valence-electron chi connectivity index (χ1n) is 8.40. The number of nitro benzene ring substituents is 1. The van der Waals surface area contributed by atoms with E-state index in [2.05, 4.69) is 23.6 Å². The number of benzene rings is 1. The minimum absolute atomic E-state index is 0.0300. The van der Waals surface area contributed by atoms with Gasteiger partial charge in [0, 0.05) is 31.8 Å². The van der Waals surface area contributed by atoms with Crippen molar-refractivity contribution in [3.63, 3.8) is 0 Å². The number of rotatable bonds is 8. The van der Waals surface area contributed by atoms with Gasteiger partial charge in [0.05, 0.1) is 11.0 Å². The summed E-state index contributed by atoms with van der Waals surface area (Å²) < 4.78 is 0. The summed E-state index contributed by atoms with van der Waals surface area (Å²) in [5, 5.41) is 21.2. The maximum Gasteiger partial charge on any atom is 0.269 e. The average molecular weight is 321 g/mol. The number of hydrogen-bond donors (Lipinski definition) is 1. The third-order valence-electron chi connectivity index (χ3n) is 4.68. The van der Waals surface area contributed by atoms with E-state index in [1.54, 1.807) is 12.1 Å². The van der Waals surface area contributed by atoms with E-state index in [4.69, 9.17) is 0 Å². The molecule has 1 aromatic rings. The molecule has 0 bridgehead atoms. The number of β-amino-alcohol motifs (C(OH)–C–C–N with tert-alkyl or cyclic N) is 1. The Hall–Kier alpha value is -1.50. The molecule has 0 spiro atoms. The maximum atomic E-state index is 10.8. The number of hydrogen-bond acceptors (Lipinski definition) is 5. The van der Waals surface area contributed by atoms with Crippen molar-refractivity contribution in [2.45, 2.75) is 26.4 Å². The first kappa shape index (κ1) is 17.8. The molecule has 2 unspecified atom stereocenters. The van der Waals surface area contributed by atoms with E-state index in [9.17, 15) is 15.2 Å². The molecule has 1 fully saturated rings. The molecule has 0 aromatic heterocycles. The summed E-state index contributed by atoms with van der Waals surface area (Å²) in [5.74, 6) is 0.646. The maximum absolute atomic E-state index is 10.8. The van der Waals surface area contributed by atoms with E-state index >= 15 is 0 Å². The van der Waals surface area contributed by atoms with E-state index in [0.29, 0.717) is 18.0 Å². The van der Waals surface area contributed by atoms with Gasteiger partial charge >= 0.3 is 0 Å². The largest absolute Gasteiger partial charge is 0.387 e. The van der Waals surface area contributed by atoms with Crippen LogP contribution in [0.1, 0.15) is 31.9 Å². The van der Waals surface area contributed by atoms with Gasteiger partial charge in [0.25, 0.3) is 5.69 Å². The average Bonchev–Trinajstić information content (AvgIpc) is 2.99. The SMILES string of the molecule is CCN(CC)CC1CCN(CC(O)c2cccc([N+](=O)[O-])c2)C1. The van der Waals surface area contributed by atoms with Crippen molar-refractivity contribution in [1.29, 1.82) is 0 Å². The lowest BCUT2D eigenvalue weighted by molar-refractivity contribution is -0.385. The van der Waals surface area contributed by atoms with Crippen molar-refractivity contribution in [1.82, 2.24) is 9.80 Å². The van der Waals surface area contributed by atoms with E-state index in [1.807, 2.05) is 0 Å². The Kier molecular flexibility index (Phi) is 6.50. The topological polar surface area (TPSA) is 69.8 Å². The van der Waals surface area contributed by atoms with Crippen molar-refractivity contribution in [3.8, 4) is 0 Å². The molecule has 0 radical (unpaired) electrons. The van der Waals surface area contributed by atoms with Crippen LogP contribution in [-0.4, -0.2) is 59.1 Å². The summed E-state index contributed by atoms with van der Waals surface area (Å²) in [5.41, 5.74) is 0.647. The molecule has 0 amide bonds.